The number of nitro groups is 1. The van der Waals surface area contributed by atoms with Crippen LogP contribution >= 0.6 is 0 Å². The van der Waals surface area contributed by atoms with Crippen molar-refractivity contribution in [3.8, 4) is 6.07 Å². The van der Waals surface area contributed by atoms with Crippen LogP contribution in [0.4, 0.5) is 17.1 Å². The van der Waals surface area contributed by atoms with Crippen molar-refractivity contribution < 1.29 is 14.5 Å². The second kappa shape index (κ2) is 7.27. The molecule has 35 heavy (non-hydrogen) atoms. The number of benzene rings is 2. The molecule has 0 saturated heterocycles. The molecule has 5 rings (SSSR count). The zero-order valence-corrected chi connectivity index (χ0v) is 19.5. The first-order valence-electron chi connectivity index (χ1n) is 11.2. The smallest absolute Gasteiger partial charge is 0.271 e. The summed E-state index contributed by atoms with van der Waals surface area (Å²) in [4.78, 5) is 40.0. The number of nitro benzene ring substituents is 1. The average Bonchev–Trinajstić information content (AvgIpc) is 3.05. The van der Waals surface area contributed by atoms with E-state index in [4.69, 9.17) is 5.73 Å². The monoisotopic (exact) mass is 469 g/mol. The Kier molecular flexibility index (Phi) is 4.64. The van der Waals surface area contributed by atoms with Crippen LogP contribution in [0, 0.1) is 33.8 Å². The second-order valence-corrected chi connectivity index (χ2v) is 10.0. The highest BCUT2D eigenvalue weighted by molar-refractivity contribution is 6.20. The molecule has 1 unspecified atom stereocenters. The lowest BCUT2D eigenvalue weighted by Gasteiger charge is -2.46. The number of Topliss-reactive ketones (excluding diaryl/α,β-unsaturated/α-hetero) is 1. The summed E-state index contributed by atoms with van der Waals surface area (Å²) in [6.07, 6.45) is 0.565. The maximum Gasteiger partial charge on any atom is 0.271 e. The topological polar surface area (TPSA) is 142 Å². The first kappa shape index (κ1) is 22.3. The van der Waals surface area contributed by atoms with Crippen molar-refractivity contribution in [3.05, 3.63) is 86.4 Å². The Labute approximate surface area is 201 Å². The number of nitrogens with two attached hydrogens (primary N) is 1. The summed E-state index contributed by atoms with van der Waals surface area (Å²) in [5, 5.41) is 24.7. The third-order valence-corrected chi connectivity index (χ3v) is 6.95. The molecule has 0 bridgehead atoms. The molecule has 9 heteroatoms. The van der Waals surface area contributed by atoms with Gasteiger partial charge in [0.25, 0.3) is 5.69 Å². The van der Waals surface area contributed by atoms with Gasteiger partial charge in [0.05, 0.1) is 16.2 Å². The Balaban J connectivity index is 1.90. The zero-order chi connectivity index (χ0) is 25.3. The van der Waals surface area contributed by atoms with Gasteiger partial charge in [0, 0.05) is 41.1 Å². The molecule has 0 aromatic heterocycles. The van der Waals surface area contributed by atoms with Gasteiger partial charge in [-0.05, 0) is 30.9 Å². The van der Waals surface area contributed by atoms with Crippen LogP contribution in [-0.4, -0.2) is 16.6 Å². The first-order valence-corrected chi connectivity index (χ1v) is 11.2. The number of nitrogens with zero attached hydrogens (tertiary/aromatic N) is 3. The number of non-ortho nitro benzene ring substituents is 1. The number of nitrogens with one attached hydrogen (secondary N) is 1. The van der Waals surface area contributed by atoms with Gasteiger partial charge >= 0.3 is 0 Å². The van der Waals surface area contributed by atoms with Gasteiger partial charge in [-0.3, -0.25) is 24.6 Å². The summed E-state index contributed by atoms with van der Waals surface area (Å²) >= 11 is 0. The molecule has 1 spiro atoms. The van der Waals surface area contributed by atoms with Crippen molar-refractivity contribution in [1.82, 2.24) is 0 Å². The number of carbonyl (C=O) groups excluding carboxylic acids is 2. The summed E-state index contributed by atoms with van der Waals surface area (Å²) < 4.78 is 0. The van der Waals surface area contributed by atoms with Gasteiger partial charge in [-0.2, -0.15) is 5.26 Å². The fourth-order valence-corrected chi connectivity index (χ4v) is 5.57. The lowest BCUT2D eigenvalue weighted by atomic mass is 9.60. The number of carbonyl (C=O) groups is 2. The Morgan fingerprint density at radius 2 is 1.91 bits per heavy atom. The van der Waals surface area contributed by atoms with Gasteiger partial charge in [0.2, 0.25) is 5.91 Å². The first-order chi connectivity index (χ1) is 16.5. The van der Waals surface area contributed by atoms with Crippen molar-refractivity contribution in [2.24, 2.45) is 11.1 Å². The molecule has 0 fully saturated rings. The number of amides is 1. The van der Waals surface area contributed by atoms with E-state index >= 15 is 0 Å². The number of allylic oxidation sites excluding steroid dienone is 1. The molecule has 2 aliphatic heterocycles. The lowest BCUT2D eigenvalue weighted by Crippen LogP contribution is -2.52. The van der Waals surface area contributed by atoms with E-state index in [-0.39, 0.29) is 34.9 Å². The van der Waals surface area contributed by atoms with Crippen LogP contribution in [0.5, 0.6) is 0 Å². The molecule has 0 radical (unpaired) electrons. The molecule has 3 aliphatic rings. The van der Waals surface area contributed by atoms with E-state index < -0.39 is 21.7 Å². The minimum Gasteiger partial charge on any atom is -0.384 e. The quantitative estimate of drug-likeness (QED) is 0.501. The molecule has 3 N–H and O–H groups in total. The molecule has 1 amide bonds. The summed E-state index contributed by atoms with van der Waals surface area (Å²) in [5.74, 6) is -0.782. The Morgan fingerprint density at radius 1 is 1.17 bits per heavy atom. The predicted octanol–water partition coefficient (Wildman–Crippen LogP) is 3.95. The fraction of sp³-hybridized carbons (Fsp3) is 0.269. The van der Waals surface area contributed by atoms with Crippen LogP contribution in [0.3, 0.4) is 0 Å². The van der Waals surface area contributed by atoms with E-state index in [0.717, 1.165) is 5.56 Å². The number of hydrogen-bond donors (Lipinski definition) is 2. The molecule has 1 atom stereocenters. The molecular formula is C26H23N5O4. The molecule has 1 aliphatic carbocycles. The molecular weight excluding hydrogens is 446 g/mol. The van der Waals surface area contributed by atoms with Crippen LogP contribution in [-0.2, 0) is 15.0 Å². The van der Waals surface area contributed by atoms with Crippen LogP contribution in [0.1, 0.15) is 37.8 Å². The van der Waals surface area contributed by atoms with Gasteiger partial charge in [-0.15, -0.1) is 0 Å². The van der Waals surface area contributed by atoms with E-state index in [0.29, 0.717) is 29.1 Å². The van der Waals surface area contributed by atoms with Gasteiger partial charge in [-0.25, -0.2) is 0 Å². The van der Waals surface area contributed by atoms with Crippen LogP contribution in [0.25, 0.3) is 0 Å². The minimum atomic E-state index is -1.68. The van der Waals surface area contributed by atoms with E-state index in [1.165, 1.54) is 23.1 Å². The molecule has 2 aromatic carbocycles. The number of hydrogen-bond acceptors (Lipinski definition) is 7. The summed E-state index contributed by atoms with van der Waals surface area (Å²) in [6.45, 7) is 5.76. The standard InChI is InChI=1S/C26H23N5O4/c1-14-7-8-19-17(9-14)26(24(33)29-19)18(13-27)23(28)30(15-5-4-6-16(10-15)31(34)35)20-11-25(2,3)12-21(32)22(20)26/h4-10H,11-12,28H2,1-3H3,(H,29,33). The maximum absolute atomic E-state index is 13.8. The van der Waals surface area contributed by atoms with Crippen molar-refractivity contribution >= 4 is 28.8 Å². The Bertz CT molecular complexity index is 1460. The van der Waals surface area contributed by atoms with E-state index in [2.05, 4.69) is 11.4 Å². The zero-order valence-electron chi connectivity index (χ0n) is 19.5. The van der Waals surface area contributed by atoms with Crippen molar-refractivity contribution in [3.63, 3.8) is 0 Å². The molecule has 0 saturated carbocycles. The number of aryl methyl sites for hydroxylation is 1. The highest BCUT2D eigenvalue weighted by atomic mass is 16.6. The van der Waals surface area contributed by atoms with Gasteiger partial charge < -0.3 is 11.1 Å². The predicted molar refractivity (Wildman–Crippen MR) is 129 cm³/mol. The number of fused-ring (bicyclic) bond motifs is 3. The Hall–Kier alpha value is -4.45. The van der Waals surface area contributed by atoms with Gasteiger partial charge in [0.15, 0.2) is 5.78 Å². The highest BCUT2D eigenvalue weighted by Gasteiger charge is 2.61. The van der Waals surface area contributed by atoms with E-state index in [1.807, 2.05) is 26.8 Å². The van der Waals surface area contributed by atoms with Crippen LogP contribution in [0.15, 0.2) is 65.1 Å². The summed E-state index contributed by atoms with van der Waals surface area (Å²) in [5.41, 5.74) is 7.20. The second-order valence-electron chi connectivity index (χ2n) is 10.0. The summed E-state index contributed by atoms with van der Waals surface area (Å²) in [6, 6.07) is 13.4. The average molecular weight is 470 g/mol. The van der Waals surface area contributed by atoms with Gasteiger partial charge in [0.1, 0.15) is 17.3 Å². The fourth-order valence-electron chi connectivity index (χ4n) is 5.57. The number of anilines is 2. The molecule has 2 heterocycles. The van der Waals surface area contributed by atoms with Crippen molar-refractivity contribution in [2.75, 3.05) is 10.2 Å². The van der Waals surface area contributed by atoms with Crippen molar-refractivity contribution in [2.45, 2.75) is 39.0 Å². The number of nitriles is 1. The molecule has 9 nitrogen and oxygen atoms in total. The third-order valence-electron chi connectivity index (χ3n) is 6.95. The summed E-state index contributed by atoms with van der Waals surface area (Å²) in [7, 11) is 0. The SMILES string of the molecule is Cc1ccc2c(c1)C1(C(=O)N2)C(C#N)=C(N)N(c2cccc([N+](=O)[O-])c2)C2=C1C(=O)CC(C)(C)C2. The molecule has 2 aromatic rings. The van der Waals surface area contributed by atoms with Crippen molar-refractivity contribution in [1.29, 1.82) is 5.26 Å². The highest BCUT2D eigenvalue weighted by Crippen LogP contribution is 2.57. The minimum absolute atomic E-state index is 0.0262. The number of ketones is 1. The third kappa shape index (κ3) is 2.99. The van der Waals surface area contributed by atoms with Gasteiger partial charge in [-0.1, -0.05) is 37.6 Å². The normalized spacial score (nSPS) is 22.6. The van der Waals surface area contributed by atoms with E-state index in [9.17, 15) is 25.0 Å². The molecule has 176 valence electrons. The van der Waals surface area contributed by atoms with Crippen LogP contribution in [0.2, 0.25) is 0 Å². The van der Waals surface area contributed by atoms with E-state index in [1.54, 1.807) is 18.2 Å². The Morgan fingerprint density at radius 3 is 2.60 bits per heavy atom. The lowest BCUT2D eigenvalue weighted by molar-refractivity contribution is -0.384. The maximum atomic E-state index is 13.8. The van der Waals surface area contributed by atoms with Crippen LogP contribution < -0.4 is 16.0 Å². The number of rotatable bonds is 2. The largest absolute Gasteiger partial charge is 0.384 e.